The molecule has 0 bridgehead atoms. The van der Waals surface area contributed by atoms with Gasteiger partial charge in [-0.15, -0.1) is 12.3 Å². The fraction of sp³-hybridized carbons (Fsp3) is 0.451. The second-order valence-corrected chi connectivity index (χ2v) is 19.5. The van der Waals surface area contributed by atoms with Gasteiger partial charge in [0.2, 0.25) is 5.82 Å². The summed E-state index contributed by atoms with van der Waals surface area (Å²) in [5.74, 6) is 9.38. The lowest BCUT2D eigenvalue weighted by atomic mass is 9.94. The van der Waals surface area contributed by atoms with Crippen molar-refractivity contribution in [2.24, 2.45) is 11.8 Å². The molecule has 10 rings (SSSR count). The number of hydrogen-bond acceptors (Lipinski definition) is 18. The molecule has 27 heteroatoms. The van der Waals surface area contributed by atoms with Crippen LogP contribution in [0.1, 0.15) is 64.2 Å². The van der Waals surface area contributed by atoms with Crippen molar-refractivity contribution in [3.8, 4) is 24.2 Å². The number of urea groups is 2. The number of ether oxygens (including phenoxy) is 2. The number of nitrogen functional groups attached to an aromatic ring is 2. The van der Waals surface area contributed by atoms with E-state index in [1.165, 1.54) is 58.2 Å². The van der Waals surface area contributed by atoms with Gasteiger partial charge in [0.1, 0.15) is 59.3 Å². The number of nitrogens with one attached hydrogen (secondary N) is 2. The smallest absolute Gasteiger partial charge is 0.321 e. The first-order valence-electron chi connectivity index (χ1n) is 24.5. The summed E-state index contributed by atoms with van der Waals surface area (Å²) >= 11 is 1.92. The molecule has 4 aliphatic rings. The highest BCUT2D eigenvalue weighted by molar-refractivity contribution is 14.1. The molecule has 78 heavy (non-hydrogen) atoms. The molecular weight excluding hydrogens is 1130 g/mol. The molecule has 0 saturated carbocycles. The van der Waals surface area contributed by atoms with E-state index in [1.807, 2.05) is 22.6 Å². The first kappa shape index (κ1) is 58.7. The molecule has 12 N–H and O–H groups in total. The number of nitrogens with zero attached hydrogens (tertiary/aromatic N) is 10. The zero-order valence-corrected chi connectivity index (χ0v) is 43.3. The SMILES string of the molecule is C.C#CCC1CCN(C(=O)Nc2ccc(F)cc2)CC1.Nc1nc(C#CCC2CCN(C(=O)Nc3ccc(F)cc3)CC2)nc2c1ncn2[C@@H]1O[C@H](CO)C(O)[C@@H]1O.Nc1nc(I)nc2c1ncn2[C@@H]1O[C@H](CO)C(O)[C@@H]1O. The molecule has 4 amide bonds. The number of anilines is 4. The number of amides is 4. The van der Waals surface area contributed by atoms with Crippen molar-refractivity contribution >= 4 is 80.0 Å². The third-order valence-electron chi connectivity index (χ3n) is 13.4. The zero-order chi connectivity index (χ0) is 54.9. The number of rotatable bonds is 8. The van der Waals surface area contributed by atoms with Crippen molar-refractivity contribution < 1.29 is 58.5 Å². The van der Waals surface area contributed by atoms with Crippen molar-refractivity contribution in [2.75, 3.05) is 61.5 Å². The lowest BCUT2D eigenvalue weighted by Gasteiger charge is -2.31. The third kappa shape index (κ3) is 13.8. The number of fused-ring (bicyclic) bond motifs is 2. The Kier molecular flexibility index (Phi) is 20.0. The van der Waals surface area contributed by atoms with Crippen LogP contribution in [-0.4, -0.2) is 168 Å². The second kappa shape index (κ2) is 26.6. The van der Waals surface area contributed by atoms with E-state index in [4.69, 9.17) is 32.5 Å². The summed E-state index contributed by atoms with van der Waals surface area (Å²) < 4.78 is 40.2. The van der Waals surface area contributed by atoms with Crippen LogP contribution in [0.25, 0.3) is 22.3 Å². The van der Waals surface area contributed by atoms with Crippen molar-refractivity contribution in [1.82, 2.24) is 48.8 Å². The van der Waals surface area contributed by atoms with Gasteiger partial charge in [-0.25, -0.2) is 48.3 Å². The standard InChI is InChI=1S/C25H28FN7O5.C15H17FN2O.C10H12IN5O4.CH4/c26-15-4-6-16(7-5-15)29-25(37)32-10-8-14(9-11-32)2-1-3-18-30-22(27)19-23(31-18)33(13-28-19)24-21(36)20(35)17(12-34)38-24;1-2-3-12-8-10-18(11-9-12)15(19)17-14-6-4-13(16)5-7-14;11-10-14-7(12)4-8(15-10)16(2-13-4)9-6(19)5(18)3(1-17)20-9;/h4-7,13-14,17,20-21,24,34-36H,2,8-12H2,(H,29,37)(H2,27,30,31);1,4-7,12H,3,8-11H2,(H,17,19);2-3,5-6,9,17-19H,1H2,(H2,12,14,15);1H4/t17-,20?,21+,24-;;3-,5?,6+,9-;/m1.1./s1. The van der Waals surface area contributed by atoms with Crippen molar-refractivity contribution in [3.63, 3.8) is 0 Å². The highest BCUT2D eigenvalue weighted by Gasteiger charge is 2.45. The fourth-order valence-corrected chi connectivity index (χ4v) is 9.58. The largest absolute Gasteiger partial charge is 0.394 e. The molecule has 0 spiro atoms. The normalized spacial score (nSPS) is 23.2. The minimum atomic E-state index is -1.29. The van der Waals surface area contributed by atoms with E-state index in [0.29, 0.717) is 63.2 Å². The molecule has 4 saturated heterocycles. The van der Waals surface area contributed by atoms with Gasteiger partial charge in [0.25, 0.3) is 0 Å². The van der Waals surface area contributed by atoms with Gasteiger partial charge in [0.05, 0.1) is 25.9 Å². The van der Waals surface area contributed by atoms with E-state index >= 15 is 0 Å². The molecule has 2 aromatic carbocycles. The summed E-state index contributed by atoms with van der Waals surface area (Å²) in [6.07, 6.45) is 4.29. The maximum absolute atomic E-state index is 13.1. The lowest BCUT2D eigenvalue weighted by molar-refractivity contribution is -0.0511. The number of piperidine rings is 2. The van der Waals surface area contributed by atoms with Crippen LogP contribution in [0.4, 0.5) is 41.4 Å². The highest BCUT2D eigenvalue weighted by Crippen LogP contribution is 2.34. The summed E-state index contributed by atoms with van der Waals surface area (Å²) in [6, 6.07) is 11.0. The summed E-state index contributed by atoms with van der Waals surface area (Å²) in [7, 11) is 0. The van der Waals surface area contributed by atoms with Gasteiger partial charge in [0.15, 0.2) is 39.2 Å². The van der Waals surface area contributed by atoms with Crippen LogP contribution in [0, 0.1) is 51.5 Å². The number of aromatic nitrogens is 8. The Hall–Kier alpha value is -6.93. The molecule has 4 fully saturated rings. The summed E-state index contributed by atoms with van der Waals surface area (Å²) in [5, 5.41) is 64.3. The zero-order valence-electron chi connectivity index (χ0n) is 41.2. The second-order valence-electron chi connectivity index (χ2n) is 18.6. The third-order valence-corrected chi connectivity index (χ3v) is 13.9. The Morgan fingerprint density at radius 3 is 1.51 bits per heavy atom. The molecular formula is C51H61F2IN14O10. The van der Waals surface area contributed by atoms with Gasteiger partial charge >= 0.3 is 12.1 Å². The molecule has 6 aromatic rings. The Labute approximate surface area is 460 Å². The Morgan fingerprint density at radius 1 is 0.667 bits per heavy atom. The number of aliphatic hydroxyl groups excluding tert-OH is 6. The maximum atomic E-state index is 13.1. The van der Waals surface area contributed by atoms with Crippen LogP contribution in [0.2, 0.25) is 0 Å². The van der Waals surface area contributed by atoms with E-state index in [-0.39, 0.29) is 54.2 Å². The summed E-state index contributed by atoms with van der Waals surface area (Å²) in [5.41, 5.74) is 14.4. The van der Waals surface area contributed by atoms with Crippen molar-refractivity contribution in [1.29, 1.82) is 0 Å². The predicted octanol–water partition coefficient (Wildman–Crippen LogP) is 3.20. The van der Waals surface area contributed by atoms with Crippen molar-refractivity contribution in [3.05, 3.63) is 82.5 Å². The van der Waals surface area contributed by atoms with Gasteiger partial charge in [0, 0.05) is 73.0 Å². The number of imidazole rings is 2. The maximum Gasteiger partial charge on any atom is 0.321 e. The van der Waals surface area contributed by atoms with E-state index in [1.54, 1.807) is 21.9 Å². The van der Waals surface area contributed by atoms with Crippen molar-refractivity contribution in [2.45, 2.75) is 95.0 Å². The van der Waals surface area contributed by atoms with Gasteiger partial charge in [-0.05, 0) is 92.0 Å². The number of nitrogens with two attached hydrogens (primary N) is 2. The number of carbonyl (C=O) groups excluding carboxylic acids is 2. The number of hydrogen-bond donors (Lipinski definition) is 10. The molecule has 416 valence electrons. The monoisotopic (exact) mass is 1190 g/mol. The minimum absolute atomic E-state index is 0. The highest BCUT2D eigenvalue weighted by atomic mass is 127. The van der Waals surface area contributed by atoms with Gasteiger partial charge in [-0.3, -0.25) is 9.13 Å². The average Bonchev–Trinajstić information content (AvgIpc) is 4.35. The average molecular weight is 1200 g/mol. The molecule has 4 aromatic heterocycles. The minimum Gasteiger partial charge on any atom is -0.394 e. The summed E-state index contributed by atoms with van der Waals surface area (Å²) in [6.45, 7) is 1.76. The van der Waals surface area contributed by atoms with Gasteiger partial charge in [-0.2, -0.15) is 0 Å². The van der Waals surface area contributed by atoms with Crippen LogP contribution in [0.3, 0.4) is 0 Å². The van der Waals surface area contributed by atoms with Gasteiger partial charge < -0.3 is 72.0 Å². The number of benzene rings is 2. The quantitative estimate of drug-likeness (QED) is 0.0594. The predicted molar refractivity (Wildman–Crippen MR) is 289 cm³/mol. The van der Waals surface area contributed by atoms with E-state index in [0.717, 1.165) is 45.2 Å². The summed E-state index contributed by atoms with van der Waals surface area (Å²) in [4.78, 5) is 53.1. The van der Waals surface area contributed by atoms with E-state index < -0.39 is 62.3 Å². The fourth-order valence-electron chi connectivity index (χ4n) is 9.09. The Bertz CT molecular complexity index is 3110. The molecule has 24 nitrogen and oxygen atoms in total. The molecule has 0 radical (unpaired) electrons. The molecule has 0 aliphatic carbocycles. The molecule has 8 heterocycles. The van der Waals surface area contributed by atoms with Crippen LogP contribution in [-0.2, 0) is 9.47 Å². The Balaban J connectivity index is 0.000000186. The molecule has 2 unspecified atom stereocenters. The van der Waals surface area contributed by atoms with Crippen LogP contribution in [0.5, 0.6) is 0 Å². The van der Waals surface area contributed by atoms with Gasteiger partial charge in [-0.1, -0.05) is 13.3 Å². The first-order valence-corrected chi connectivity index (χ1v) is 25.6. The number of carbonyl (C=O) groups is 2. The van der Waals surface area contributed by atoms with E-state index in [9.17, 15) is 43.9 Å². The molecule has 4 aliphatic heterocycles. The first-order chi connectivity index (χ1) is 37.0. The number of halogens is 3. The number of aliphatic hydroxyl groups is 6. The van der Waals surface area contributed by atoms with Crippen LogP contribution in [0.15, 0.2) is 61.2 Å². The van der Waals surface area contributed by atoms with Crippen LogP contribution >= 0.6 is 22.6 Å². The van der Waals surface area contributed by atoms with Crippen LogP contribution < -0.4 is 22.1 Å². The number of terminal acetylenes is 1. The lowest BCUT2D eigenvalue weighted by Crippen LogP contribution is -2.41. The number of likely N-dealkylation sites (tertiary alicyclic amines) is 2. The molecule has 8 atom stereocenters. The Morgan fingerprint density at radius 2 is 1.09 bits per heavy atom. The van der Waals surface area contributed by atoms with E-state index in [2.05, 4.69) is 58.3 Å². The topological polar surface area (TPSA) is 344 Å².